The number of hydrogen-bond donors (Lipinski definition) is 0. The molecule has 1 heteroatoms. The van der Waals surface area contributed by atoms with Crippen molar-refractivity contribution in [1.29, 1.82) is 0 Å². The Balaban J connectivity index is 1.65. The zero-order chi connectivity index (χ0) is 19.3. The molecular formula is C27H23P. The number of rotatable bonds is 2. The molecule has 0 aromatic heterocycles. The van der Waals surface area contributed by atoms with E-state index < -0.39 is 0 Å². The molecule has 1 aliphatic carbocycles. The van der Waals surface area contributed by atoms with Gasteiger partial charge < -0.3 is 0 Å². The summed E-state index contributed by atoms with van der Waals surface area (Å²) in [5.74, 6) is 0. The van der Waals surface area contributed by atoms with E-state index in [0.29, 0.717) is 0 Å². The molecule has 28 heavy (non-hydrogen) atoms. The van der Waals surface area contributed by atoms with Gasteiger partial charge in [0.25, 0.3) is 0 Å². The maximum atomic E-state index is 2.87. The van der Waals surface area contributed by atoms with E-state index in [-0.39, 0.29) is 5.41 Å². The molecule has 0 fully saturated rings. The van der Waals surface area contributed by atoms with Crippen molar-refractivity contribution in [2.24, 2.45) is 0 Å². The molecule has 136 valence electrons. The Morgan fingerprint density at radius 1 is 0.536 bits per heavy atom. The Morgan fingerprint density at radius 3 is 2.00 bits per heavy atom. The predicted octanol–water partition coefficient (Wildman–Crippen LogP) is 6.83. The van der Waals surface area contributed by atoms with Gasteiger partial charge in [0, 0.05) is 5.41 Å². The zero-order valence-electron chi connectivity index (χ0n) is 16.2. The molecule has 5 rings (SSSR count). The summed E-state index contributed by atoms with van der Waals surface area (Å²) in [6.07, 6.45) is 0. The van der Waals surface area contributed by atoms with Crippen LogP contribution in [0, 0.1) is 0 Å². The van der Waals surface area contributed by atoms with Crippen molar-refractivity contribution < 1.29 is 0 Å². The molecule has 0 radical (unpaired) electrons. The average Bonchev–Trinajstić information content (AvgIpc) is 2.96. The Labute approximate surface area is 169 Å². The van der Waals surface area contributed by atoms with E-state index in [1.54, 1.807) is 0 Å². The van der Waals surface area contributed by atoms with Gasteiger partial charge in [0.15, 0.2) is 0 Å². The van der Waals surface area contributed by atoms with Crippen LogP contribution in [0.15, 0.2) is 91.0 Å². The molecule has 1 atom stereocenters. The van der Waals surface area contributed by atoms with Crippen LogP contribution in [-0.4, -0.2) is 0 Å². The van der Waals surface area contributed by atoms with Gasteiger partial charge in [-0.25, -0.2) is 0 Å². The van der Waals surface area contributed by atoms with E-state index in [2.05, 4.69) is 114 Å². The van der Waals surface area contributed by atoms with Gasteiger partial charge in [0.05, 0.1) is 0 Å². The second-order valence-corrected chi connectivity index (χ2v) is 8.72. The molecule has 1 unspecified atom stereocenters. The van der Waals surface area contributed by atoms with Crippen molar-refractivity contribution >= 4 is 14.5 Å². The maximum Gasteiger partial charge on any atom is 0.0159 e. The lowest BCUT2D eigenvalue weighted by molar-refractivity contribution is 0.660. The second-order valence-electron chi connectivity index (χ2n) is 8.10. The summed E-state index contributed by atoms with van der Waals surface area (Å²) in [5.41, 5.74) is 10.7. The van der Waals surface area contributed by atoms with Gasteiger partial charge in [-0.15, -0.1) is 9.24 Å². The fourth-order valence-corrected chi connectivity index (χ4v) is 4.83. The molecule has 0 saturated heterocycles. The highest BCUT2D eigenvalue weighted by Crippen LogP contribution is 2.49. The Morgan fingerprint density at radius 2 is 1.18 bits per heavy atom. The molecular weight excluding hydrogens is 355 g/mol. The molecule has 0 saturated carbocycles. The normalized spacial score (nSPS) is 13.8. The van der Waals surface area contributed by atoms with Crippen LogP contribution in [0.3, 0.4) is 0 Å². The molecule has 0 heterocycles. The molecule has 0 nitrogen and oxygen atoms in total. The molecule has 0 bridgehead atoms. The average molecular weight is 378 g/mol. The third kappa shape index (κ3) is 2.64. The fourth-order valence-electron chi connectivity index (χ4n) is 4.49. The van der Waals surface area contributed by atoms with Crippen molar-refractivity contribution in [3.8, 4) is 33.4 Å². The van der Waals surface area contributed by atoms with Crippen molar-refractivity contribution in [1.82, 2.24) is 0 Å². The lowest BCUT2D eigenvalue weighted by Gasteiger charge is -2.22. The highest BCUT2D eigenvalue weighted by molar-refractivity contribution is 7.28. The summed E-state index contributed by atoms with van der Waals surface area (Å²) in [6, 6.07) is 33.1. The summed E-state index contributed by atoms with van der Waals surface area (Å²) in [7, 11) is 2.87. The third-order valence-corrected chi connectivity index (χ3v) is 6.56. The minimum absolute atomic E-state index is 0.0325. The summed E-state index contributed by atoms with van der Waals surface area (Å²) < 4.78 is 0. The first-order chi connectivity index (χ1) is 13.6. The van der Waals surface area contributed by atoms with Crippen LogP contribution in [0.1, 0.15) is 25.0 Å². The summed E-state index contributed by atoms with van der Waals surface area (Å²) in [4.78, 5) is 0. The Hall–Kier alpha value is -2.69. The lowest BCUT2D eigenvalue weighted by atomic mass is 9.81. The van der Waals surface area contributed by atoms with Crippen molar-refractivity contribution in [3.63, 3.8) is 0 Å². The SMILES string of the molecule is CC1(C)c2ccccc2-c2ccc(-c3ccc(P)c(-c4ccccc4)c3)cc21. The van der Waals surface area contributed by atoms with E-state index >= 15 is 0 Å². The van der Waals surface area contributed by atoms with Gasteiger partial charge in [-0.2, -0.15) is 0 Å². The van der Waals surface area contributed by atoms with Crippen LogP contribution in [0.25, 0.3) is 33.4 Å². The standard InChI is InChI=1S/C27H23P/c1-27(2)24-11-7-6-10-21(24)22-14-12-20(17-25(22)27)19-13-15-26(28)23(16-19)18-8-4-3-5-9-18/h3-17H,28H2,1-2H3. The third-order valence-electron chi connectivity index (χ3n) is 6.05. The van der Waals surface area contributed by atoms with Crippen LogP contribution in [0.2, 0.25) is 0 Å². The molecule has 4 aromatic rings. The predicted molar refractivity (Wildman–Crippen MR) is 124 cm³/mol. The molecule has 0 spiro atoms. The summed E-state index contributed by atoms with van der Waals surface area (Å²) in [6.45, 7) is 4.67. The molecule has 0 N–H and O–H groups in total. The zero-order valence-corrected chi connectivity index (χ0v) is 17.4. The number of benzene rings is 4. The van der Waals surface area contributed by atoms with Gasteiger partial charge in [0.2, 0.25) is 0 Å². The van der Waals surface area contributed by atoms with Crippen LogP contribution < -0.4 is 5.30 Å². The van der Waals surface area contributed by atoms with Crippen LogP contribution >= 0.6 is 9.24 Å². The van der Waals surface area contributed by atoms with Gasteiger partial charge in [-0.3, -0.25) is 0 Å². The van der Waals surface area contributed by atoms with Crippen molar-refractivity contribution in [2.45, 2.75) is 19.3 Å². The minimum atomic E-state index is 0.0325. The second kappa shape index (κ2) is 6.43. The minimum Gasteiger partial charge on any atom is -0.105 e. The first kappa shape index (κ1) is 17.4. The van der Waals surface area contributed by atoms with Gasteiger partial charge >= 0.3 is 0 Å². The van der Waals surface area contributed by atoms with Gasteiger partial charge in [-0.1, -0.05) is 92.7 Å². The quantitative estimate of drug-likeness (QED) is 0.335. The highest BCUT2D eigenvalue weighted by Gasteiger charge is 2.35. The highest BCUT2D eigenvalue weighted by atomic mass is 31.0. The van der Waals surface area contributed by atoms with E-state index in [9.17, 15) is 0 Å². The van der Waals surface area contributed by atoms with Crippen LogP contribution in [-0.2, 0) is 5.41 Å². The Kier molecular flexibility index (Phi) is 4.00. The van der Waals surface area contributed by atoms with E-state index in [1.165, 1.54) is 49.8 Å². The number of fused-ring (bicyclic) bond motifs is 3. The first-order valence-electron chi connectivity index (χ1n) is 9.75. The van der Waals surface area contributed by atoms with E-state index in [0.717, 1.165) is 0 Å². The van der Waals surface area contributed by atoms with Crippen molar-refractivity contribution in [3.05, 3.63) is 102 Å². The Bertz CT molecular complexity index is 1190. The van der Waals surface area contributed by atoms with Crippen LogP contribution in [0.4, 0.5) is 0 Å². The lowest BCUT2D eigenvalue weighted by Crippen LogP contribution is -2.14. The van der Waals surface area contributed by atoms with Crippen LogP contribution in [0.5, 0.6) is 0 Å². The van der Waals surface area contributed by atoms with Gasteiger partial charge in [0.1, 0.15) is 0 Å². The molecule has 4 aromatic carbocycles. The smallest absolute Gasteiger partial charge is 0.0159 e. The topological polar surface area (TPSA) is 0 Å². The molecule has 0 amide bonds. The monoisotopic (exact) mass is 378 g/mol. The van der Waals surface area contributed by atoms with E-state index in [1.807, 2.05) is 0 Å². The largest absolute Gasteiger partial charge is 0.105 e. The summed E-state index contributed by atoms with van der Waals surface area (Å²) in [5, 5.41) is 1.23. The first-order valence-corrected chi connectivity index (χ1v) is 10.3. The van der Waals surface area contributed by atoms with E-state index in [4.69, 9.17) is 0 Å². The summed E-state index contributed by atoms with van der Waals surface area (Å²) >= 11 is 0. The molecule has 0 aliphatic heterocycles. The van der Waals surface area contributed by atoms with Gasteiger partial charge in [-0.05, 0) is 61.9 Å². The fraction of sp³-hybridized carbons (Fsp3) is 0.111. The maximum absolute atomic E-state index is 2.87. The number of hydrogen-bond acceptors (Lipinski definition) is 0. The molecule has 1 aliphatic rings. The van der Waals surface area contributed by atoms with Crippen molar-refractivity contribution in [2.75, 3.05) is 0 Å².